The van der Waals surface area contributed by atoms with Crippen molar-refractivity contribution in [3.8, 4) is 5.88 Å². The minimum atomic E-state index is -0.660. The Morgan fingerprint density at radius 2 is 1.85 bits per heavy atom. The summed E-state index contributed by atoms with van der Waals surface area (Å²) in [6.45, 7) is 5.76. The van der Waals surface area contributed by atoms with Crippen molar-refractivity contribution in [3.63, 3.8) is 0 Å². The zero-order chi connectivity index (χ0) is 14.6. The molecule has 1 unspecified atom stereocenters. The fourth-order valence-corrected chi connectivity index (χ4v) is 2.05. The number of ether oxygens (including phenoxy) is 1. The number of carbonyl (C=O) groups excluding carboxylic acids is 1. The molecule has 104 valence electrons. The highest BCUT2D eigenvalue weighted by Crippen LogP contribution is 2.29. The Morgan fingerprint density at radius 3 is 2.45 bits per heavy atom. The monoisotopic (exact) mass is 269 g/mol. The minimum Gasteiger partial charge on any atom is -0.407 e. The fourth-order valence-electron chi connectivity index (χ4n) is 2.05. The van der Waals surface area contributed by atoms with Gasteiger partial charge in [0.1, 0.15) is 0 Å². The lowest BCUT2D eigenvalue weighted by atomic mass is 9.80. The summed E-state index contributed by atoms with van der Waals surface area (Å²) >= 11 is 0. The molecule has 0 N–H and O–H groups in total. The van der Waals surface area contributed by atoms with E-state index in [1.54, 1.807) is 6.07 Å². The van der Waals surface area contributed by atoms with E-state index in [-0.39, 0.29) is 5.97 Å². The normalized spacial score (nSPS) is 13.6. The molecule has 0 spiro atoms. The molecule has 0 amide bonds. The first-order valence-electron chi connectivity index (χ1n) is 6.77. The van der Waals surface area contributed by atoms with Crippen molar-refractivity contribution < 1.29 is 9.53 Å². The minimum absolute atomic E-state index is 0.274. The molecule has 0 saturated heterocycles. The predicted octanol–water partition coefficient (Wildman–Crippen LogP) is 3.66. The van der Waals surface area contributed by atoms with Crippen LogP contribution < -0.4 is 4.74 Å². The van der Waals surface area contributed by atoms with E-state index in [4.69, 9.17) is 4.74 Å². The van der Waals surface area contributed by atoms with E-state index in [9.17, 15) is 4.79 Å². The van der Waals surface area contributed by atoms with Crippen LogP contribution in [0, 0.1) is 6.92 Å². The average molecular weight is 269 g/mol. The largest absolute Gasteiger partial charge is 0.407 e. The topological polar surface area (TPSA) is 39.2 Å². The van der Waals surface area contributed by atoms with E-state index in [1.807, 2.05) is 63.2 Å². The van der Waals surface area contributed by atoms with Crippen molar-refractivity contribution in [1.82, 2.24) is 4.98 Å². The molecular formula is C17H19NO2. The molecular weight excluding hydrogens is 250 g/mol. The van der Waals surface area contributed by atoms with Gasteiger partial charge in [-0.25, -0.2) is 4.98 Å². The molecule has 3 heteroatoms. The first kappa shape index (κ1) is 14.3. The van der Waals surface area contributed by atoms with Gasteiger partial charge in [0.05, 0.1) is 5.41 Å². The van der Waals surface area contributed by atoms with Gasteiger partial charge in [0, 0.05) is 11.8 Å². The molecule has 0 aliphatic heterocycles. The zero-order valence-corrected chi connectivity index (χ0v) is 12.1. The van der Waals surface area contributed by atoms with Crippen LogP contribution in [0.15, 0.2) is 48.5 Å². The third kappa shape index (κ3) is 2.87. The van der Waals surface area contributed by atoms with Crippen molar-refractivity contribution in [2.45, 2.75) is 32.6 Å². The van der Waals surface area contributed by atoms with Gasteiger partial charge in [0.15, 0.2) is 0 Å². The summed E-state index contributed by atoms with van der Waals surface area (Å²) in [5, 5.41) is 0. The van der Waals surface area contributed by atoms with Crippen LogP contribution in [0.2, 0.25) is 0 Å². The van der Waals surface area contributed by atoms with Gasteiger partial charge in [-0.3, -0.25) is 4.79 Å². The van der Waals surface area contributed by atoms with Crippen molar-refractivity contribution in [1.29, 1.82) is 0 Å². The maximum Gasteiger partial charge on any atom is 0.322 e. The number of nitrogens with zero attached hydrogens (tertiary/aromatic N) is 1. The summed E-state index contributed by atoms with van der Waals surface area (Å²) in [6, 6.07) is 15.1. The third-order valence-corrected chi connectivity index (χ3v) is 3.63. The molecule has 0 bridgehead atoms. The molecule has 20 heavy (non-hydrogen) atoms. The second-order valence-electron chi connectivity index (χ2n) is 5.06. The van der Waals surface area contributed by atoms with Crippen molar-refractivity contribution in [2.75, 3.05) is 0 Å². The van der Waals surface area contributed by atoms with Gasteiger partial charge in [-0.2, -0.15) is 0 Å². The number of esters is 1. The SMILES string of the molecule is CCC(C)(C(=O)Oc1cccc(C)n1)c1ccccc1. The van der Waals surface area contributed by atoms with Gasteiger partial charge < -0.3 is 4.74 Å². The fraction of sp³-hybridized carbons (Fsp3) is 0.294. The van der Waals surface area contributed by atoms with Crippen LogP contribution >= 0.6 is 0 Å². The Balaban J connectivity index is 2.26. The van der Waals surface area contributed by atoms with E-state index in [0.29, 0.717) is 12.3 Å². The van der Waals surface area contributed by atoms with E-state index < -0.39 is 5.41 Å². The molecule has 0 aliphatic rings. The summed E-state index contributed by atoms with van der Waals surface area (Å²) < 4.78 is 5.46. The first-order valence-corrected chi connectivity index (χ1v) is 6.77. The Bertz CT molecular complexity index is 595. The molecule has 2 rings (SSSR count). The summed E-state index contributed by atoms with van der Waals surface area (Å²) in [5.41, 5.74) is 1.13. The number of carbonyl (C=O) groups is 1. The summed E-state index contributed by atoms with van der Waals surface area (Å²) in [5.74, 6) is 0.0786. The number of benzene rings is 1. The maximum absolute atomic E-state index is 12.5. The Labute approximate surface area is 119 Å². The molecule has 0 fully saturated rings. The van der Waals surface area contributed by atoms with Crippen LogP contribution in [0.1, 0.15) is 31.5 Å². The number of hydrogen-bond acceptors (Lipinski definition) is 3. The zero-order valence-electron chi connectivity index (χ0n) is 12.1. The van der Waals surface area contributed by atoms with Crippen LogP contribution in [-0.4, -0.2) is 11.0 Å². The maximum atomic E-state index is 12.5. The molecule has 2 aromatic rings. The highest BCUT2D eigenvalue weighted by molar-refractivity contribution is 5.84. The second kappa shape index (κ2) is 5.87. The van der Waals surface area contributed by atoms with Gasteiger partial charge in [-0.15, -0.1) is 0 Å². The summed E-state index contributed by atoms with van der Waals surface area (Å²) in [4.78, 5) is 16.7. The molecule has 0 aliphatic carbocycles. The lowest BCUT2D eigenvalue weighted by molar-refractivity contribution is -0.140. The second-order valence-corrected chi connectivity index (χ2v) is 5.06. The quantitative estimate of drug-likeness (QED) is 0.795. The van der Waals surface area contributed by atoms with Gasteiger partial charge in [-0.1, -0.05) is 43.3 Å². The molecule has 1 heterocycles. The van der Waals surface area contributed by atoms with Gasteiger partial charge in [-0.05, 0) is 31.9 Å². The third-order valence-electron chi connectivity index (χ3n) is 3.63. The highest BCUT2D eigenvalue weighted by Gasteiger charge is 2.35. The van der Waals surface area contributed by atoms with Crippen LogP contribution in [0.25, 0.3) is 0 Å². The van der Waals surface area contributed by atoms with E-state index in [1.165, 1.54) is 0 Å². The van der Waals surface area contributed by atoms with Crippen LogP contribution in [0.5, 0.6) is 5.88 Å². The summed E-state index contributed by atoms with van der Waals surface area (Å²) in [7, 11) is 0. The number of rotatable bonds is 4. The number of aromatic nitrogens is 1. The van der Waals surface area contributed by atoms with Gasteiger partial charge in [0.25, 0.3) is 0 Å². The van der Waals surface area contributed by atoms with Crippen LogP contribution in [0.3, 0.4) is 0 Å². The van der Waals surface area contributed by atoms with Crippen LogP contribution in [0.4, 0.5) is 0 Å². The molecule has 0 radical (unpaired) electrons. The predicted molar refractivity (Wildman–Crippen MR) is 78.7 cm³/mol. The number of pyridine rings is 1. The van der Waals surface area contributed by atoms with Gasteiger partial charge in [0.2, 0.25) is 5.88 Å². The molecule has 1 aromatic carbocycles. The van der Waals surface area contributed by atoms with Crippen molar-refractivity contribution in [3.05, 3.63) is 59.8 Å². The Morgan fingerprint density at radius 1 is 1.15 bits per heavy atom. The lowest BCUT2D eigenvalue weighted by Crippen LogP contribution is -2.35. The standard InChI is InChI=1S/C17H19NO2/c1-4-17(3,14-10-6-5-7-11-14)16(19)20-15-12-8-9-13(2)18-15/h5-12H,4H2,1-3H3. The van der Waals surface area contributed by atoms with E-state index in [0.717, 1.165) is 11.3 Å². The summed E-state index contributed by atoms with van der Waals surface area (Å²) in [6.07, 6.45) is 0.668. The Hall–Kier alpha value is -2.16. The van der Waals surface area contributed by atoms with E-state index in [2.05, 4.69) is 4.98 Å². The molecule has 1 aromatic heterocycles. The molecule has 0 saturated carbocycles. The Kier molecular flexibility index (Phi) is 4.18. The number of hydrogen-bond donors (Lipinski definition) is 0. The van der Waals surface area contributed by atoms with Crippen molar-refractivity contribution >= 4 is 5.97 Å². The number of aryl methyl sites for hydroxylation is 1. The average Bonchev–Trinajstić information content (AvgIpc) is 2.47. The molecule has 1 atom stereocenters. The van der Waals surface area contributed by atoms with E-state index >= 15 is 0 Å². The van der Waals surface area contributed by atoms with Gasteiger partial charge >= 0.3 is 5.97 Å². The smallest absolute Gasteiger partial charge is 0.322 e. The lowest BCUT2D eigenvalue weighted by Gasteiger charge is -2.26. The first-order chi connectivity index (χ1) is 9.56. The van der Waals surface area contributed by atoms with Crippen molar-refractivity contribution in [2.24, 2.45) is 0 Å². The van der Waals surface area contributed by atoms with Crippen LogP contribution in [-0.2, 0) is 10.2 Å². The molecule has 3 nitrogen and oxygen atoms in total. The highest BCUT2D eigenvalue weighted by atomic mass is 16.5.